The third-order valence-corrected chi connectivity index (χ3v) is 4.15. The van der Waals surface area contributed by atoms with E-state index in [4.69, 9.17) is 9.84 Å². The summed E-state index contributed by atoms with van der Waals surface area (Å²) in [6, 6.07) is 11.0. The molecule has 0 aliphatic carbocycles. The van der Waals surface area contributed by atoms with E-state index in [-0.39, 0.29) is 12.1 Å². The second-order valence-electron chi connectivity index (χ2n) is 5.88. The first-order chi connectivity index (χ1) is 12.4. The molecule has 0 unspecified atom stereocenters. The van der Waals surface area contributed by atoms with E-state index in [2.05, 4.69) is 0 Å². The van der Waals surface area contributed by atoms with Crippen molar-refractivity contribution in [1.82, 2.24) is 0 Å². The number of nitro groups is 1. The Hall–Kier alpha value is -3.42. The summed E-state index contributed by atoms with van der Waals surface area (Å²) in [5.74, 6) is -0.546. The summed E-state index contributed by atoms with van der Waals surface area (Å²) in [6.07, 6.45) is 0.425. The van der Waals surface area contributed by atoms with E-state index < -0.39 is 17.0 Å². The maximum absolute atomic E-state index is 12.4. The van der Waals surface area contributed by atoms with Crippen molar-refractivity contribution in [3.8, 4) is 5.75 Å². The van der Waals surface area contributed by atoms with Gasteiger partial charge in [-0.2, -0.15) is 0 Å². The average molecular weight is 356 g/mol. The van der Waals surface area contributed by atoms with Crippen molar-refractivity contribution in [3.05, 3.63) is 63.7 Å². The summed E-state index contributed by atoms with van der Waals surface area (Å²) in [7, 11) is 0. The van der Waals surface area contributed by atoms with E-state index in [0.717, 1.165) is 11.1 Å². The number of benzene rings is 2. The molecule has 0 bridgehead atoms. The maximum atomic E-state index is 12.4. The number of hydrogen-bond acceptors (Lipinski definition) is 5. The number of carboxylic acids is 1. The first-order valence-electron chi connectivity index (χ1n) is 8.01. The first-order valence-corrected chi connectivity index (χ1v) is 8.01. The monoisotopic (exact) mass is 356 g/mol. The summed E-state index contributed by atoms with van der Waals surface area (Å²) in [5, 5.41) is 19.6. The third-order valence-electron chi connectivity index (χ3n) is 4.15. The molecule has 0 spiro atoms. The fourth-order valence-electron chi connectivity index (χ4n) is 2.80. The average Bonchev–Trinajstić information content (AvgIpc) is 3.04. The summed E-state index contributed by atoms with van der Waals surface area (Å²) in [5.41, 5.74) is 2.10. The van der Waals surface area contributed by atoms with Crippen molar-refractivity contribution >= 4 is 23.4 Å². The zero-order chi connectivity index (χ0) is 18.7. The number of ether oxygens (including phenoxy) is 1. The van der Waals surface area contributed by atoms with Crippen molar-refractivity contribution in [2.75, 3.05) is 11.4 Å². The van der Waals surface area contributed by atoms with Crippen molar-refractivity contribution < 1.29 is 24.4 Å². The van der Waals surface area contributed by atoms with Gasteiger partial charge in [-0.25, -0.2) is 4.79 Å². The minimum atomic E-state index is -0.873. The number of hydrogen-bond donors (Lipinski definition) is 1. The van der Waals surface area contributed by atoms with Crippen LogP contribution in [0.25, 0.3) is 0 Å². The van der Waals surface area contributed by atoms with Gasteiger partial charge in [0, 0.05) is 25.1 Å². The lowest BCUT2D eigenvalue weighted by Crippen LogP contribution is -2.31. The molecule has 1 amide bonds. The molecule has 0 atom stereocenters. The largest absolute Gasteiger partial charge is 0.481 e. The molecule has 2 aromatic carbocycles. The van der Waals surface area contributed by atoms with E-state index in [1.807, 2.05) is 0 Å². The molecule has 1 N–H and O–H groups in total. The number of non-ortho nitro benzene ring substituents is 1. The second-order valence-corrected chi connectivity index (χ2v) is 5.88. The lowest BCUT2D eigenvalue weighted by atomic mass is 10.1. The molecule has 26 heavy (non-hydrogen) atoms. The molecule has 1 heterocycles. The zero-order valence-electron chi connectivity index (χ0n) is 13.8. The van der Waals surface area contributed by atoms with Crippen LogP contribution in [0.1, 0.15) is 17.5 Å². The highest BCUT2D eigenvalue weighted by molar-refractivity contribution is 5.92. The molecule has 0 saturated carbocycles. The molecule has 2 aromatic rings. The molecule has 0 saturated heterocycles. The van der Waals surface area contributed by atoms with E-state index in [1.54, 1.807) is 30.3 Å². The zero-order valence-corrected chi connectivity index (χ0v) is 13.8. The lowest BCUT2D eigenvalue weighted by Gasteiger charge is -2.16. The molecule has 0 aromatic heterocycles. The Kier molecular flexibility index (Phi) is 4.83. The van der Waals surface area contributed by atoms with Gasteiger partial charge in [0.15, 0.2) is 0 Å². The summed E-state index contributed by atoms with van der Waals surface area (Å²) in [6.45, 7) is 0.395. The van der Waals surface area contributed by atoms with Crippen molar-refractivity contribution in [2.24, 2.45) is 0 Å². The molecular formula is C18H16N2O6. The first kappa shape index (κ1) is 17.4. The van der Waals surface area contributed by atoms with Crippen LogP contribution < -0.4 is 9.64 Å². The van der Waals surface area contributed by atoms with Crippen LogP contribution in [-0.4, -0.2) is 28.6 Å². The number of carbonyl (C=O) groups is 2. The molecule has 0 radical (unpaired) electrons. The van der Waals surface area contributed by atoms with E-state index in [1.165, 1.54) is 17.0 Å². The Bertz CT molecular complexity index is 862. The number of fused-ring (bicyclic) bond motifs is 1. The third kappa shape index (κ3) is 3.80. The van der Waals surface area contributed by atoms with Crippen LogP contribution in [0.4, 0.5) is 16.2 Å². The van der Waals surface area contributed by atoms with Gasteiger partial charge in [-0.15, -0.1) is 0 Å². The molecule has 1 aliphatic heterocycles. The Morgan fingerprint density at radius 1 is 1.19 bits per heavy atom. The van der Waals surface area contributed by atoms with Gasteiger partial charge in [0.05, 0.1) is 10.6 Å². The Morgan fingerprint density at radius 3 is 2.58 bits per heavy atom. The van der Waals surface area contributed by atoms with Gasteiger partial charge in [-0.3, -0.25) is 19.8 Å². The fraction of sp³-hybridized carbons (Fsp3) is 0.222. The lowest BCUT2D eigenvalue weighted by molar-refractivity contribution is -0.384. The van der Waals surface area contributed by atoms with E-state index in [0.29, 0.717) is 30.8 Å². The predicted molar refractivity (Wildman–Crippen MR) is 92.6 cm³/mol. The standard InChI is InChI=1S/C18H16N2O6/c21-17(22)8-3-12-1-6-15(7-2-12)26-18(23)19-10-9-13-4-5-14(20(24)25)11-16(13)19/h1-2,4-7,11H,3,8-10H2,(H,21,22). The molecule has 3 rings (SSSR count). The van der Waals surface area contributed by atoms with Gasteiger partial charge in [0.25, 0.3) is 5.69 Å². The number of nitro benzene ring substituents is 1. The van der Waals surface area contributed by atoms with E-state index >= 15 is 0 Å². The highest BCUT2D eigenvalue weighted by Gasteiger charge is 2.28. The summed E-state index contributed by atoms with van der Waals surface area (Å²) in [4.78, 5) is 34.8. The molecule has 1 aliphatic rings. The number of anilines is 1. The van der Waals surface area contributed by atoms with Gasteiger partial charge in [-0.05, 0) is 36.1 Å². The molecular weight excluding hydrogens is 340 g/mol. The normalized spacial score (nSPS) is 12.5. The number of carbonyl (C=O) groups excluding carboxylic acids is 1. The van der Waals surface area contributed by atoms with Gasteiger partial charge in [0.1, 0.15) is 5.75 Å². The van der Waals surface area contributed by atoms with Crippen LogP contribution in [0.5, 0.6) is 5.75 Å². The van der Waals surface area contributed by atoms with Crippen LogP contribution in [-0.2, 0) is 17.6 Å². The SMILES string of the molecule is O=C(O)CCc1ccc(OC(=O)N2CCc3ccc([N+](=O)[O-])cc32)cc1. The van der Waals surface area contributed by atoms with Gasteiger partial charge in [-0.1, -0.05) is 18.2 Å². The number of nitrogens with zero attached hydrogens (tertiary/aromatic N) is 2. The molecule has 8 heteroatoms. The fourth-order valence-corrected chi connectivity index (χ4v) is 2.80. The Morgan fingerprint density at radius 2 is 1.92 bits per heavy atom. The summed E-state index contributed by atoms with van der Waals surface area (Å²) >= 11 is 0. The number of aryl methyl sites for hydroxylation is 1. The second kappa shape index (κ2) is 7.22. The van der Waals surface area contributed by atoms with Gasteiger partial charge < -0.3 is 9.84 Å². The Labute approximate surface area is 148 Å². The van der Waals surface area contributed by atoms with Crippen molar-refractivity contribution in [1.29, 1.82) is 0 Å². The van der Waals surface area contributed by atoms with E-state index in [9.17, 15) is 19.7 Å². The maximum Gasteiger partial charge on any atom is 0.419 e. The molecule has 0 fully saturated rings. The van der Waals surface area contributed by atoms with Crippen LogP contribution in [0.3, 0.4) is 0 Å². The minimum Gasteiger partial charge on any atom is -0.481 e. The van der Waals surface area contributed by atoms with Crippen molar-refractivity contribution in [3.63, 3.8) is 0 Å². The van der Waals surface area contributed by atoms with Crippen molar-refractivity contribution in [2.45, 2.75) is 19.3 Å². The predicted octanol–water partition coefficient (Wildman–Crippen LogP) is 3.17. The number of rotatable bonds is 5. The Balaban J connectivity index is 1.69. The quantitative estimate of drug-likeness (QED) is 0.651. The summed E-state index contributed by atoms with van der Waals surface area (Å²) < 4.78 is 5.34. The molecule has 8 nitrogen and oxygen atoms in total. The highest BCUT2D eigenvalue weighted by atomic mass is 16.6. The van der Waals surface area contributed by atoms with Gasteiger partial charge in [0.2, 0.25) is 0 Å². The van der Waals surface area contributed by atoms with Crippen LogP contribution in [0.15, 0.2) is 42.5 Å². The van der Waals surface area contributed by atoms with Crippen LogP contribution >= 0.6 is 0 Å². The van der Waals surface area contributed by atoms with Gasteiger partial charge >= 0.3 is 12.1 Å². The minimum absolute atomic E-state index is 0.0302. The van der Waals surface area contributed by atoms with Crippen LogP contribution in [0.2, 0.25) is 0 Å². The smallest absolute Gasteiger partial charge is 0.419 e. The topological polar surface area (TPSA) is 110 Å². The molecule has 134 valence electrons. The highest BCUT2D eigenvalue weighted by Crippen LogP contribution is 2.32. The number of aliphatic carboxylic acids is 1. The van der Waals surface area contributed by atoms with Crippen LogP contribution in [0, 0.1) is 10.1 Å². The number of amides is 1. The number of carboxylic acid groups (broad SMARTS) is 1.